The molecule has 2 rings (SSSR count). The Morgan fingerprint density at radius 1 is 1.22 bits per heavy atom. The van der Waals surface area contributed by atoms with Gasteiger partial charge in [-0.15, -0.1) is 10.2 Å². The Bertz CT molecular complexity index is 742. The highest BCUT2D eigenvalue weighted by Crippen LogP contribution is 2.17. The molecule has 1 heterocycles. The topological polar surface area (TPSA) is 112 Å². The zero-order chi connectivity index (χ0) is 16.8. The molecule has 23 heavy (non-hydrogen) atoms. The zero-order valence-corrected chi connectivity index (χ0v) is 13.0. The number of anilines is 2. The second kappa shape index (κ2) is 7.45. The van der Waals surface area contributed by atoms with Crippen molar-refractivity contribution in [3.63, 3.8) is 0 Å². The van der Waals surface area contributed by atoms with Gasteiger partial charge in [-0.3, -0.25) is 14.4 Å². The third-order valence-corrected chi connectivity index (χ3v) is 3.34. The number of carbonyl (C=O) groups excluding carboxylic acids is 3. The molecule has 0 aromatic heterocycles. The summed E-state index contributed by atoms with van der Waals surface area (Å²) in [4.78, 5) is 37.8. The fraction of sp³-hybridized carbons (Fsp3) is 0.143. The Hall–Kier alpha value is -2.81. The molecule has 8 nitrogen and oxygen atoms in total. The number of carbonyl (C=O) groups is 3. The molecule has 9 heteroatoms. The lowest BCUT2D eigenvalue weighted by atomic mass is 10.2. The molecule has 118 valence electrons. The minimum absolute atomic E-state index is 0.0158. The minimum Gasteiger partial charge on any atom is -0.326 e. The number of nitrogens with one attached hydrogen (secondary N) is 2. The lowest BCUT2D eigenvalue weighted by molar-refractivity contribution is -0.115. The summed E-state index contributed by atoms with van der Waals surface area (Å²) < 4.78 is 0. The Labute approximate surface area is 136 Å². The number of hydrogen-bond donors (Lipinski definition) is 2. The van der Waals surface area contributed by atoms with Gasteiger partial charge in [0.25, 0.3) is 5.91 Å². The zero-order valence-electron chi connectivity index (χ0n) is 12.2. The van der Waals surface area contributed by atoms with Crippen LogP contribution in [0, 0.1) is 0 Å². The average Bonchev–Trinajstić information content (AvgIpc) is 2.48. The standard InChI is InChI=1S/C14H13N5O3S/c1-8-13(22)17-14(19-18-8)23-7-12(21)16-11-5-3-4-10(6-11)15-9(2)20/h3-6H,1,7H2,2H3,(H,15,20)(H,16,21). The summed E-state index contributed by atoms with van der Waals surface area (Å²) in [6.45, 7) is 4.77. The Morgan fingerprint density at radius 2 is 1.91 bits per heavy atom. The third-order valence-electron chi connectivity index (χ3n) is 2.50. The third kappa shape index (κ3) is 5.15. The summed E-state index contributed by atoms with van der Waals surface area (Å²) in [7, 11) is 0. The van der Waals surface area contributed by atoms with Crippen molar-refractivity contribution in [1.29, 1.82) is 0 Å². The summed E-state index contributed by atoms with van der Waals surface area (Å²) in [5.74, 6) is -1.05. The van der Waals surface area contributed by atoms with Gasteiger partial charge in [0.2, 0.25) is 17.0 Å². The van der Waals surface area contributed by atoms with E-state index in [0.717, 1.165) is 11.8 Å². The Morgan fingerprint density at radius 3 is 2.57 bits per heavy atom. The van der Waals surface area contributed by atoms with E-state index in [-0.39, 0.29) is 28.4 Å². The van der Waals surface area contributed by atoms with Crippen LogP contribution in [0.2, 0.25) is 0 Å². The van der Waals surface area contributed by atoms with Gasteiger partial charge in [-0.2, -0.15) is 4.99 Å². The number of azo groups is 1. The first-order valence-electron chi connectivity index (χ1n) is 6.48. The highest BCUT2D eigenvalue weighted by Gasteiger charge is 2.14. The second-order valence-corrected chi connectivity index (χ2v) is 5.39. The Balaban J connectivity index is 1.89. The van der Waals surface area contributed by atoms with Crippen LogP contribution in [0.4, 0.5) is 11.4 Å². The molecule has 0 bridgehead atoms. The molecule has 0 spiro atoms. The Kier molecular flexibility index (Phi) is 5.36. The highest BCUT2D eigenvalue weighted by molar-refractivity contribution is 8.14. The van der Waals surface area contributed by atoms with Crippen molar-refractivity contribution < 1.29 is 14.4 Å². The van der Waals surface area contributed by atoms with Crippen molar-refractivity contribution in [3.05, 3.63) is 36.5 Å². The van der Waals surface area contributed by atoms with Crippen LogP contribution in [-0.2, 0) is 14.4 Å². The number of nitrogens with zero attached hydrogens (tertiary/aromatic N) is 3. The van der Waals surface area contributed by atoms with Crippen LogP contribution in [0.5, 0.6) is 0 Å². The first-order valence-corrected chi connectivity index (χ1v) is 7.46. The van der Waals surface area contributed by atoms with Gasteiger partial charge in [0, 0.05) is 18.3 Å². The molecular weight excluding hydrogens is 318 g/mol. The van der Waals surface area contributed by atoms with Crippen molar-refractivity contribution in [1.82, 2.24) is 0 Å². The van der Waals surface area contributed by atoms with Crippen LogP contribution in [0.1, 0.15) is 6.92 Å². The van der Waals surface area contributed by atoms with Crippen LogP contribution >= 0.6 is 11.8 Å². The van der Waals surface area contributed by atoms with Gasteiger partial charge < -0.3 is 10.6 Å². The average molecular weight is 331 g/mol. The molecule has 0 saturated carbocycles. The molecule has 0 aliphatic carbocycles. The number of aliphatic imine (C=N–C) groups is 1. The quantitative estimate of drug-likeness (QED) is 0.823. The number of rotatable bonds is 4. The summed E-state index contributed by atoms with van der Waals surface area (Å²) in [5.41, 5.74) is 1.09. The molecule has 1 aliphatic heterocycles. The number of thioether (sulfide) groups is 1. The molecule has 1 aliphatic rings. The molecule has 1 aromatic rings. The monoisotopic (exact) mass is 331 g/mol. The van der Waals surface area contributed by atoms with Crippen molar-refractivity contribution >= 4 is 46.0 Å². The fourth-order valence-corrected chi connectivity index (χ4v) is 2.16. The summed E-state index contributed by atoms with van der Waals surface area (Å²) >= 11 is 0.991. The SMILES string of the molecule is C=C1N=NC(SCC(=O)Nc2cccc(NC(C)=O)c2)=NC1=O. The number of benzene rings is 1. The van der Waals surface area contributed by atoms with Crippen LogP contribution in [0.3, 0.4) is 0 Å². The smallest absolute Gasteiger partial charge is 0.299 e. The molecule has 3 amide bonds. The van der Waals surface area contributed by atoms with Gasteiger partial charge in [-0.25, -0.2) is 0 Å². The normalized spacial score (nSPS) is 13.5. The van der Waals surface area contributed by atoms with E-state index in [0.29, 0.717) is 11.4 Å². The molecule has 1 aromatic carbocycles. The number of amides is 3. The highest BCUT2D eigenvalue weighted by atomic mass is 32.2. The second-order valence-electron chi connectivity index (χ2n) is 4.45. The lowest BCUT2D eigenvalue weighted by Gasteiger charge is -2.08. The first-order chi connectivity index (χ1) is 10.9. The van der Waals surface area contributed by atoms with E-state index in [1.807, 2.05) is 0 Å². The maximum absolute atomic E-state index is 11.9. The fourth-order valence-electron chi connectivity index (χ4n) is 1.59. The number of amidine groups is 1. The van der Waals surface area contributed by atoms with Gasteiger partial charge in [-0.05, 0) is 18.2 Å². The van der Waals surface area contributed by atoms with Crippen LogP contribution in [-0.4, -0.2) is 28.6 Å². The van der Waals surface area contributed by atoms with Crippen molar-refractivity contribution in [3.8, 4) is 0 Å². The summed E-state index contributed by atoms with van der Waals surface area (Å²) in [6.07, 6.45) is 0. The van der Waals surface area contributed by atoms with Crippen LogP contribution in [0.15, 0.2) is 51.8 Å². The molecule has 0 atom stereocenters. The molecular formula is C14H13N5O3S. The maximum atomic E-state index is 11.9. The molecule has 0 unspecified atom stereocenters. The van der Waals surface area contributed by atoms with Crippen LogP contribution < -0.4 is 10.6 Å². The van der Waals surface area contributed by atoms with E-state index in [1.54, 1.807) is 24.3 Å². The van der Waals surface area contributed by atoms with Gasteiger partial charge in [0.1, 0.15) is 5.70 Å². The van der Waals surface area contributed by atoms with Crippen molar-refractivity contribution in [2.45, 2.75) is 6.92 Å². The van der Waals surface area contributed by atoms with E-state index in [2.05, 4.69) is 32.4 Å². The molecule has 0 saturated heterocycles. The lowest BCUT2D eigenvalue weighted by Crippen LogP contribution is -2.16. The number of hydrogen-bond acceptors (Lipinski definition) is 6. The minimum atomic E-state index is -0.564. The summed E-state index contributed by atoms with van der Waals surface area (Å²) in [6, 6.07) is 6.74. The van der Waals surface area contributed by atoms with Crippen LogP contribution in [0.25, 0.3) is 0 Å². The van der Waals surface area contributed by atoms with Crippen molar-refractivity contribution in [2.24, 2.45) is 15.2 Å². The van der Waals surface area contributed by atoms with E-state index in [1.165, 1.54) is 6.92 Å². The largest absolute Gasteiger partial charge is 0.326 e. The van der Waals surface area contributed by atoms with Crippen molar-refractivity contribution in [2.75, 3.05) is 16.4 Å². The summed E-state index contributed by atoms with van der Waals surface area (Å²) in [5, 5.41) is 12.6. The predicted molar refractivity (Wildman–Crippen MR) is 88.3 cm³/mol. The van der Waals surface area contributed by atoms with Gasteiger partial charge in [-0.1, -0.05) is 24.4 Å². The van der Waals surface area contributed by atoms with E-state index in [4.69, 9.17) is 0 Å². The maximum Gasteiger partial charge on any atom is 0.299 e. The van der Waals surface area contributed by atoms with E-state index < -0.39 is 5.91 Å². The molecule has 2 N–H and O–H groups in total. The molecule has 0 radical (unpaired) electrons. The van der Waals surface area contributed by atoms with E-state index >= 15 is 0 Å². The predicted octanol–water partition coefficient (Wildman–Crippen LogP) is 2.18. The van der Waals surface area contributed by atoms with Gasteiger partial charge in [0.15, 0.2) is 0 Å². The van der Waals surface area contributed by atoms with E-state index in [9.17, 15) is 14.4 Å². The van der Waals surface area contributed by atoms with Gasteiger partial charge in [0.05, 0.1) is 5.75 Å². The first kappa shape index (κ1) is 16.6. The molecule has 0 fully saturated rings. The van der Waals surface area contributed by atoms with Gasteiger partial charge >= 0.3 is 0 Å².